The van der Waals surface area contributed by atoms with Crippen LogP contribution >= 0.6 is 23.2 Å². The van der Waals surface area contributed by atoms with Crippen LogP contribution in [0.4, 0.5) is 0 Å². The number of amides is 2. The lowest BCUT2D eigenvalue weighted by Crippen LogP contribution is -2.37. The van der Waals surface area contributed by atoms with Crippen LogP contribution in [0.1, 0.15) is 18.4 Å². The monoisotopic (exact) mass is 312 g/mol. The highest BCUT2D eigenvalue weighted by atomic mass is 35.5. The summed E-state index contributed by atoms with van der Waals surface area (Å²) in [5, 5.41) is 6.30. The molecule has 1 saturated carbocycles. The Kier molecular flexibility index (Phi) is 5.04. The molecule has 0 aromatic heterocycles. The molecule has 0 spiro atoms. The minimum atomic E-state index is -0.345. The van der Waals surface area contributed by atoms with Gasteiger partial charge >= 0.3 is 0 Å². The second-order valence-electron chi connectivity index (χ2n) is 4.56. The highest BCUT2D eigenvalue weighted by Gasteiger charge is 2.22. The standard InChI is InChI=1S/C14H14Cl2N2O2/c15-10-3-1-9(12(16)7-10)2-6-13(19)17-8-14(20)18-11-4-5-11/h1-3,6-7,11H,4-5,8H2,(H,17,19)(H,18,20)/b6-2+. The van der Waals surface area contributed by atoms with Crippen molar-refractivity contribution in [2.45, 2.75) is 18.9 Å². The van der Waals surface area contributed by atoms with Gasteiger partial charge in [0, 0.05) is 22.2 Å². The molecule has 0 heterocycles. The van der Waals surface area contributed by atoms with E-state index in [1.807, 2.05) is 0 Å². The van der Waals surface area contributed by atoms with Gasteiger partial charge in [-0.3, -0.25) is 9.59 Å². The van der Waals surface area contributed by atoms with Crippen LogP contribution in [-0.2, 0) is 9.59 Å². The van der Waals surface area contributed by atoms with E-state index < -0.39 is 0 Å². The zero-order chi connectivity index (χ0) is 14.5. The Morgan fingerprint density at radius 2 is 2.05 bits per heavy atom. The molecular formula is C14H14Cl2N2O2. The summed E-state index contributed by atoms with van der Waals surface area (Å²) in [6.07, 6.45) is 4.95. The molecule has 0 unspecified atom stereocenters. The molecule has 6 heteroatoms. The Hall–Kier alpha value is -1.52. The molecule has 1 aromatic rings. The first kappa shape index (κ1) is 14.9. The molecule has 4 nitrogen and oxygen atoms in total. The molecule has 2 amide bonds. The molecule has 0 saturated heterocycles. The molecule has 0 aliphatic heterocycles. The summed E-state index contributed by atoms with van der Waals surface area (Å²) in [4.78, 5) is 22.9. The molecular weight excluding hydrogens is 299 g/mol. The van der Waals surface area contributed by atoms with Crippen LogP contribution < -0.4 is 10.6 Å². The lowest BCUT2D eigenvalue weighted by atomic mass is 10.2. The number of carbonyl (C=O) groups is 2. The van der Waals surface area contributed by atoms with E-state index in [1.165, 1.54) is 6.08 Å². The molecule has 2 N–H and O–H groups in total. The van der Waals surface area contributed by atoms with Crippen LogP contribution in [0.5, 0.6) is 0 Å². The maximum absolute atomic E-state index is 11.6. The number of carbonyl (C=O) groups excluding carboxylic acids is 2. The molecule has 0 radical (unpaired) electrons. The predicted octanol–water partition coefficient (Wildman–Crippen LogP) is 2.40. The van der Waals surface area contributed by atoms with Gasteiger partial charge in [0.15, 0.2) is 0 Å². The molecule has 1 aliphatic rings. The Bertz CT molecular complexity index is 554. The minimum Gasteiger partial charge on any atom is -0.352 e. The molecule has 1 aliphatic carbocycles. The first-order valence-electron chi connectivity index (χ1n) is 6.25. The van der Waals surface area contributed by atoms with Crippen molar-refractivity contribution in [2.24, 2.45) is 0 Å². The second-order valence-corrected chi connectivity index (χ2v) is 5.40. The van der Waals surface area contributed by atoms with Crippen molar-refractivity contribution in [2.75, 3.05) is 6.54 Å². The second kappa shape index (κ2) is 6.77. The number of halogens is 2. The third kappa shape index (κ3) is 4.87. The summed E-state index contributed by atoms with van der Waals surface area (Å²) in [6.45, 7) is -0.0198. The van der Waals surface area contributed by atoms with Crippen molar-refractivity contribution < 1.29 is 9.59 Å². The van der Waals surface area contributed by atoms with Gasteiger partial charge in [0.2, 0.25) is 11.8 Å². The fraction of sp³-hybridized carbons (Fsp3) is 0.286. The maximum atomic E-state index is 11.6. The van der Waals surface area contributed by atoms with Crippen LogP contribution in [0, 0.1) is 0 Å². The zero-order valence-electron chi connectivity index (χ0n) is 10.7. The van der Waals surface area contributed by atoms with Crippen LogP contribution in [0.15, 0.2) is 24.3 Å². The fourth-order valence-corrected chi connectivity index (χ4v) is 2.01. The van der Waals surface area contributed by atoms with Crippen molar-refractivity contribution in [3.8, 4) is 0 Å². The van der Waals surface area contributed by atoms with Crippen molar-refractivity contribution in [3.63, 3.8) is 0 Å². The average molecular weight is 313 g/mol. The van der Waals surface area contributed by atoms with Gasteiger partial charge in [-0.2, -0.15) is 0 Å². The van der Waals surface area contributed by atoms with Gasteiger partial charge in [-0.05, 0) is 36.6 Å². The van der Waals surface area contributed by atoms with Gasteiger partial charge in [-0.15, -0.1) is 0 Å². The van der Waals surface area contributed by atoms with E-state index in [2.05, 4.69) is 10.6 Å². The van der Waals surface area contributed by atoms with E-state index in [0.29, 0.717) is 21.7 Å². The predicted molar refractivity (Wildman–Crippen MR) is 79.7 cm³/mol. The lowest BCUT2D eigenvalue weighted by Gasteiger charge is -2.03. The van der Waals surface area contributed by atoms with Crippen molar-refractivity contribution in [3.05, 3.63) is 39.9 Å². The van der Waals surface area contributed by atoms with Crippen molar-refractivity contribution >= 4 is 41.1 Å². The number of nitrogens with one attached hydrogen (secondary N) is 2. The molecule has 0 atom stereocenters. The largest absolute Gasteiger partial charge is 0.352 e. The molecule has 106 valence electrons. The Labute approximate surface area is 127 Å². The van der Waals surface area contributed by atoms with Gasteiger partial charge in [-0.25, -0.2) is 0 Å². The Morgan fingerprint density at radius 1 is 1.30 bits per heavy atom. The first-order valence-corrected chi connectivity index (χ1v) is 7.00. The smallest absolute Gasteiger partial charge is 0.244 e. The van der Waals surface area contributed by atoms with Gasteiger partial charge in [0.25, 0.3) is 0 Å². The number of benzene rings is 1. The summed E-state index contributed by atoms with van der Waals surface area (Å²) in [5.41, 5.74) is 0.689. The zero-order valence-corrected chi connectivity index (χ0v) is 12.2. The van der Waals surface area contributed by atoms with Crippen LogP contribution in [-0.4, -0.2) is 24.4 Å². The van der Waals surface area contributed by atoms with E-state index in [1.54, 1.807) is 24.3 Å². The number of hydrogen-bond acceptors (Lipinski definition) is 2. The highest BCUT2D eigenvalue weighted by Crippen LogP contribution is 2.21. The quantitative estimate of drug-likeness (QED) is 0.820. The summed E-state index contributed by atoms with van der Waals surface area (Å²) >= 11 is 11.8. The van der Waals surface area contributed by atoms with Crippen LogP contribution in [0.25, 0.3) is 6.08 Å². The van der Waals surface area contributed by atoms with E-state index >= 15 is 0 Å². The minimum absolute atomic E-state index is 0.0198. The Morgan fingerprint density at radius 3 is 2.70 bits per heavy atom. The van der Waals surface area contributed by atoms with Crippen molar-refractivity contribution in [1.29, 1.82) is 0 Å². The van der Waals surface area contributed by atoms with Crippen LogP contribution in [0.2, 0.25) is 10.0 Å². The van der Waals surface area contributed by atoms with E-state index in [-0.39, 0.29) is 18.4 Å². The average Bonchev–Trinajstić information content (AvgIpc) is 3.19. The third-order valence-electron chi connectivity index (χ3n) is 2.74. The molecule has 1 fully saturated rings. The topological polar surface area (TPSA) is 58.2 Å². The maximum Gasteiger partial charge on any atom is 0.244 e. The normalized spacial score (nSPS) is 14.3. The fourth-order valence-electron chi connectivity index (χ4n) is 1.53. The summed E-state index contributed by atoms with van der Waals surface area (Å²) in [6, 6.07) is 5.30. The van der Waals surface area contributed by atoms with E-state index in [4.69, 9.17) is 23.2 Å². The van der Waals surface area contributed by atoms with Gasteiger partial charge < -0.3 is 10.6 Å². The third-order valence-corrected chi connectivity index (χ3v) is 3.30. The molecule has 0 bridgehead atoms. The van der Waals surface area contributed by atoms with Gasteiger partial charge in [0.1, 0.15) is 0 Å². The molecule has 20 heavy (non-hydrogen) atoms. The highest BCUT2D eigenvalue weighted by molar-refractivity contribution is 6.35. The van der Waals surface area contributed by atoms with Crippen molar-refractivity contribution in [1.82, 2.24) is 10.6 Å². The van der Waals surface area contributed by atoms with E-state index in [9.17, 15) is 9.59 Å². The SMILES string of the molecule is O=C(/C=C/c1ccc(Cl)cc1Cl)NCC(=O)NC1CC1. The lowest BCUT2D eigenvalue weighted by molar-refractivity contribution is -0.124. The van der Waals surface area contributed by atoms with Gasteiger partial charge in [-0.1, -0.05) is 29.3 Å². The Balaban J connectivity index is 1.80. The van der Waals surface area contributed by atoms with E-state index in [0.717, 1.165) is 12.8 Å². The summed E-state index contributed by atoms with van der Waals surface area (Å²) < 4.78 is 0. The van der Waals surface area contributed by atoms with Crippen LogP contribution in [0.3, 0.4) is 0 Å². The summed E-state index contributed by atoms with van der Waals surface area (Å²) in [7, 11) is 0. The molecule has 2 rings (SSSR count). The van der Waals surface area contributed by atoms with Gasteiger partial charge in [0.05, 0.1) is 6.54 Å². The summed E-state index contributed by atoms with van der Waals surface area (Å²) in [5.74, 6) is -0.513. The number of rotatable bonds is 5. The number of hydrogen-bond donors (Lipinski definition) is 2. The molecule has 1 aromatic carbocycles. The first-order chi connectivity index (χ1) is 9.54.